The number of hydrogen-bond donors (Lipinski definition) is 1. The molecular weight excluding hydrogens is 408 g/mol. The number of nitrogens with one attached hydrogen (secondary N) is 1. The van der Waals surface area contributed by atoms with E-state index in [1.165, 1.54) is 27.7 Å². The SMILES string of the molecule is CC(=O)OC[C@H]1O[C@@H](N2CCNC2=S)[C@H](OC(C)=O)[C@@H](OC(C)=O)[C@@H]1OC(C)=O. The summed E-state index contributed by atoms with van der Waals surface area (Å²) >= 11 is 5.27. The number of hydrogen-bond acceptors (Lipinski definition) is 10. The van der Waals surface area contributed by atoms with Crippen LogP contribution in [0.25, 0.3) is 0 Å². The Morgan fingerprint density at radius 3 is 2.00 bits per heavy atom. The molecule has 0 saturated carbocycles. The molecule has 2 heterocycles. The van der Waals surface area contributed by atoms with Gasteiger partial charge in [-0.05, 0) is 12.2 Å². The van der Waals surface area contributed by atoms with Gasteiger partial charge in [-0.3, -0.25) is 19.2 Å². The van der Waals surface area contributed by atoms with Crippen LogP contribution >= 0.6 is 12.2 Å². The summed E-state index contributed by atoms with van der Waals surface area (Å²) in [5, 5.41) is 3.32. The van der Waals surface area contributed by atoms with Crippen molar-refractivity contribution in [3.8, 4) is 0 Å². The molecule has 0 amide bonds. The first-order chi connectivity index (χ1) is 13.6. The summed E-state index contributed by atoms with van der Waals surface area (Å²) in [6, 6.07) is 0. The Bertz CT molecular complexity index is 686. The number of thiocarbonyl (C=S) groups is 1. The zero-order valence-corrected chi connectivity index (χ0v) is 17.4. The maximum Gasteiger partial charge on any atom is 0.303 e. The molecule has 0 aromatic rings. The summed E-state index contributed by atoms with van der Waals surface area (Å²) in [5.74, 6) is -2.59. The van der Waals surface area contributed by atoms with Crippen LogP contribution in [-0.2, 0) is 42.9 Å². The fraction of sp³-hybridized carbons (Fsp3) is 0.706. The highest BCUT2D eigenvalue weighted by molar-refractivity contribution is 7.80. The predicted molar refractivity (Wildman–Crippen MR) is 99.3 cm³/mol. The van der Waals surface area contributed by atoms with Crippen LogP contribution in [0.4, 0.5) is 0 Å². The monoisotopic (exact) mass is 432 g/mol. The maximum absolute atomic E-state index is 11.8. The summed E-state index contributed by atoms with van der Waals surface area (Å²) in [6.45, 7) is 5.43. The van der Waals surface area contributed by atoms with Crippen molar-refractivity contribution in [3.05, 3.63) is 0 Å². The van der Waals surface area contributed by atoms with E-state index in [1.807, 2.05) is 0 Å². The average molecular weight is 432 g/mol. The van der Waals surface area contributed by atoms with Crippen molar-refractivity contribution in [1.29, 1.82) is 0 Å². The zero-order valence-electron chi connectivity index (χ0n) is 16.5. The van der Waals surface area contributed by atoms with E-state index in [2.05, 4.69) is 5.32 Å². The number of ether oxygens (including phenoxy) is 5. The standard InChI is InChI=1S/C17H24N2O9S/c1-8(20)24-7-12-13(25-9(2)21)14(26-10(3)22)15(27-11(4)23)16(28-12)19-6-5-18-17(19)29/h12-16H,5-7H2,1-4H3,(H,18,29)/t12-,13-,14+,15-,16-/m1/s1. The van der Waals surface area contributed by atoms with Crippen molar-refractivity contribution < 1.29 is 42.9 Å². The van der Waals surface area contributed by atoms with E-state index in [0.29, 0.717) is 18.2 Å². The lowest BCUT2D eigenvalue weighted by Crippen LogP contribution is -2.66. The van der Waals surface area contributed by atoms with E-state index in [4.69, 9.17) is 35.9 Å². The Kier molecular flexibility index (Phi) is 7.73. The molecule has 0 aromatic carbocycles. The molecule has 11 nitrogen and oxygen atoms in total. The molecular formula is C17H24N2O9S. The number of rotatable bonds is 6. The van der Waals surface area contributed by atoms with Gasteiger partial charge in [0.15, 0.2) is 29.7 Å². The van der Waals surface area contributed by atoms with Gasteiger partial charge in [-0.2, -0.15) is 0 Å². The minimum Gasteiger partial charge on any atom is -0.463 e. The normalized spacial score (nSPS) is 28.9. The minimum absolute atomic E-state index is 0.275. The van der Waals surface area contributed by atoms with E-state index in [-0.39, 0.29) is 6.61 Å². The van der Waals surface area contributed by atoms with Crippen molar-refractivity contribution in [1.82, 2.24) is 10.2 Å². The number of nitrogens with zero attached hydrogens (tertiary/aromatic N) is 1. The van der Waals surface area contributed by atoms with Gasteiger partial charge in [0.2, 0.25) is 0 Å². The minimum atomic E-state index is -1.21. The first-order valence-electron chi connectivity index (χ1n) is 8.95. The lowest BCUT2D eigenvalue weighted by molar-refractivity contribution is -0.270. The summed E-state index contributed by atoms with van der Waals surface area (Å²) in [6.07, 6.45) is -5.49. The summed E-state index contributed by atoms with van der Waals surface area (Å²) < 4.78 is 27.1. The molecule has 2 rings (SSSR count). The molecule has 5 atom stereocenters. The van der Waals surface area contributed by atoms with Gasteiger partial charge in [-0.15, -0.1) is 0 Å². The molecule has 29 heavy (non-hydrogen) atoms. The van der Waals surface area contributed by atoms with Gasteiger partial charge < -0.3 is 33.9 Å². The third-order valence-electron chi connectivity index (χ3n) is 4.16. The van der Waals surface area contributed by atoms with Crippen molar-refractivity contribution in [3.63, 3.8) is 0 Å². The molecule has 0 aliphatic carbocycles. The molecule has 2 fully saturated rings. The second-order valence-corrected chi connectivity index (χ2v) is 6.90. The Labute approximate surface area is 172 Å². The lowest BCUT2D eigenvalue weighted by atomic mass is 9.96. The largest absolute Gasteiger partial charge is 0.463 e. The highest BCUT2D eigenvalue weighted by Crippen LogP contribution is 2.31. The van der Waals surface area contributed by atoms with Gasteiger partial charge in [-0.25, -0.2) is 0 Å². The second kappa shape index (κ2) is 9.83. The van der Waals surface area contributed by atoms with Crippen molar-refractivity contribution >= 4 is 41.2 Å². The fourth-order valence-electron chi connectivity index (χ4n) is 3.19. The van der Waals surface area contributed by atoms with Crippen LogP contribution in [-0.4, -0.2) is 84.2 Å². The predicted octanol–water partition coefficient (Wildman–Crippen LogP) is -0.740. The van der Waals surface area contributed by atoms with Crippen LogP contribution < -0.4 is 5.32 Å². The van der Waals surface area contributed by atoms with E-state index in [9.17, 15) is 19.2 Å². The molecule has 2 aliphatic heterocycles. The van der Waals surface area contributed by atoms with Crippen LogP contribution in [0.3, 0.4) is 0 Å². The van der Waals surface area contributed by atoms with E-state index in [0.717, 1.165) is 0 Å². The van der Waals surface area contributed by atoms with Crippen LogP contribution in [0.2, 0.25) is 0 Å². The van der Waals surface area contributed by atoms with Gasteiger partial charge in [-0.1, -0.05) is 0 Å². The second-order valence-electron chi connectivity index (χ2n) is 6.52. The molecule has 2 saturated heterocycles. The Balaban J connectivity index is 2.44. The Morgan fingerprint density at radius 2 is 1.52 bits per heavy atom. The van der Waals surface area contributed by atoms with Gasteiger partial charge >= 0.3 is 23.9 Å². The van der Waals surface area contributed by atoms with Gasteiger partial charge in [0.1, 0.15) is 12.7 Å². The van der Waals surface area contributed by atoms with Crippen LogP contribution in [0.1, 0.15) is 27.7 Å². The summed E-state index contributed by atoms with van der Waals surface area (Å²) in [5.41, 5.74) is 0. The summed E-state index contributed by atoms with van der Waals surface area (Å²) in [4.78, 5) is 48.1. The first kappa shape index (κ1) is 22.8. The smallest absolute Gasteiger partial charge is 0.303 e. The van der Waals surface area contributed by atoms with Crippen LogP contribution in [0, 0.1) is 0 Å². The number of carbonyl (C=O) groups excluding carboxylic acids is 4. The summed E-state index contributed by atoms with van der Waals surface area (Å²) in [7, 11) is 0. The highest BCUT2D eigenvalue weighted by atomic mass is 32.1. The van der Waals surface area contributed by atoms with Gasteiger partial charge in [0.25, 0.3) is 0 Å². The molecule has 0 bridgehead atoms. The third-order valence-corrected chi connectivity index (χ3v) is 4.54. The first-order valence-corrected chi connectivity index (χ1v) is 9.36. The van der Waals surface area contributed by atoms with Crippen molar-refractivity contribution in [2.45, 2.75) is 58.3 Å². The average Bonchev–Trinajstić information content (AvgIpc) is 3.01. The zero-order chi connectivity index (χ0) is 21.7. The molecule has 0 unspecified atom stereocenters. The molecule has 1 N–H and O–H groups in total. The molecule has 0 radical (unpaired) electrons. The van der Waals surface area contributed by atoms with Crippen molar-refractivity contribution in [2.75, 3.05) is 19.7 Å². The van der Waals surface area contributed by atoms with Crippen molar-refractivity contribution in [2.24, 2.45) is 0 Å². The maximum atomic E-state index is 11.8. The fourth-order valence-corrected chi connectivity index (χ4v) is 3.48. The molecule has 162 valence electrons. The Morgan fingerprint density at radius 1 is 0.966 bits per heavy atom. The third kappa shape index (κ3) is 6.00. The van der Waals surface area contributed by atoms with Crippen LogP contribution in [0.15, 0.2) is 0 Å². The lowest BCUT2D eigenvalue weighted by Gasteiger charge is -2.47. The Hall–Kier alpha value is -2.47. The number of carbonyl (C=O) groups is 4. The molecule has 12 heteroatoms. The van der Waals surface area contributed by atoms with E-state index < -0.39 is 54.5 Å². The van der Waals surface area contributed by atoms with Gasteiger partial charge in [0.05, 0.1) is 0 Å². The van der Waals surface area contributed by atoms with E-state index >= 15 is 0 Å². The quantitative estimate of drug-likeness (QED) is 0.322. The topological polar surface area (TPSA) is 130 Å². The molecule has 0 aromatic heterocycles. The van der Waals surface area contributed by atoms with Crippen LogP contribution in [0.5, 0.6) is 0 Å². The molecule has 2 aliphatic rings. The highest BCUT2D eigenvalue weighted by Gasteiger charge is 2.54. The van der Waals surface area contributed by atoms with Gasteiger partial charge in [0, 0.05) is 40.8 Å². The molecule has 0 spiro atoms. The van der Waals surface area contributed by atoms with E-state index in [1.54, 1.807) is 4.90 Å². The number of esters is 4.